The molecule has 0 saturated carbocycles. The van der Waals surface area contributed by atoms with Crippen LogP contribution in [0.15, 0.2) is 61.2 Å². The van der Waals surface area contributed by atoms with E-state index in [-0.39, 0.29) is 12.5 Å². The van der Waals surface area contributed by atoms with Crippen molar-refractivity contribution in [2.45, 2.75) is 19.8 Å². The standard InChI is InChI=1S/C20H24N2O2/c1-4-13-24-19-12-8-7-11-18(19)22-20(23)14-21-17-10-6-5-9-16(17)15(2)3/h4-12,15,21H,1,13-14H2,2-3H3,(H,22,23). The van der Waals surface area contributed by atoms with E-state index in [1.807, 2.05) is 42.5 Å². The van der Waals surface area contributed by atoms with Gasteiger partial charge in [-0.2, -0.15) is 0 Å². The van der Waals surface area contributed by atoms with E-state index in [0.717, 1.165) is 5.69 Å². The number of carbonyl (C=O) groups excluding carboxylic acids is 1. The van der Waals surface area contributed by atoms with Crippen molar-refractivity contribution >= 4 is 17.3 Å². The molecule has 0 atom stereocenters. The second kappa shape index (κ2) is 8.77. The fourth-order valence-electron chi connectivity index (χ4n) is 2.38. The Labute approximate surface area is 143 Å². The van der Waals surface area contributed by atoms with Gasteiger partial charge in [-0.05, 0) is 29.7 Å². The van der Waals surface area contributed by atoms with Crippen molar-refractivity contribution in [1.29, 1.82) is 0 Å². The lowest BCUT2D eigenvalue weighted by Gasteiger charge is -2.15. The van der Waals surface area contributed by atoms with Gasteiger partial charge in [0.25, 0.3) is 0 Å². The number of ether oxygens (including phenoxy) is 1. The molecular formula is C20H24N2O2. The van der Waals surface area contributed by atoms with Gasteiger partial charge in [0.2, 0.25) is 5.91 Å². The summed E-state index contributed by atoms with van der Waals surface area (Å²) in [7, 11) is 0. The molecule has 24 heavy (non-hydrogen) atoms. The van der Waals surface area contributed by atoms with Crippen LogP contribution in [0, 0.1) is 0 Å². The van der Waals surface area contributed by atoms with Gasteiger partial charge in [0.15, 0.2) is 0 Å². The Morgan fingerprint density at radius 3 is 2.50 bits per heavy atom. The zero-order valence-electron chi connectivity index (χ0n) is 14.2. The summed E-state index contributed by atoms with van der Waals surface area (Å²) in [5.74, 6) is 0.904. The summed E-state index contributed by atoms with van der Waals surface area (Å²) in [6.45, 7) is 8.48. The summed E-state index contributed by atoms with van der Waals surface area (Å²) >= 11 is 0. The molecule has 1 amide bonds. The van der Waals surface area contributed by atoms with Crippen LogP contribution >= 0.6 is 0 Å². The van der Waals surface area contributed by atoms with Crippen LogP contribution in [0.3, 0.4) is 0 Å². The number of carbonyl (C=O) groups is 1. The predicted molar refractivity (Wildman–Crippen MR) is 99.8 cm³/mol. The van der Waals surface area contributed by atoms with E-state index in [4.69, 9.17) is 4.74 Å². The number of amides is 1. The van der Waals surface area contributed by atoms with Crippen molar-refractivity contribution < 1.29 is 9.53 Å². The molecule has 2 aromatic carbocycles. The zero-order chi connectivity index (χ0) is 17.4. The minimum absolute atomic E-state index is 0.122. The van der Waals surface area contributed by atoms with Gasteiger partial charge in [-0.1, -0.05) is 56.8 Å². The van der Waals surface area contributed by atoms with Crippen LogP contribution in [0.1, 0.15) is 25.3 Å². The van der Waals surface area contributed by atoms with E-state index in [1.54, 1.807) is 6.08 Å². The fraction of sp³-hybridized carbons (Fsp3) is 0.250. The van der Waals surface area contributed by atoms with E-state index in [9.17, 15) is 4.79 Å². The Hall–Kier alpha value is -2.75. The first-order chi connectivity index (χ1) is 11.6. The van der Waals surface area contributed by atoms with E-state index >= 15 is 0 Å². The number of para-hydroxylation sites is 3. The maximum Gasteiger partial charge on any atom is 0.243 e. The molecule has 0 fully saturated rings. The molecule has 2 N–H and O–H groups in total. The van der Waals surface area contributed by atoms with Crippen LogP contribution in [0.4, 0.5) is 11.4 Å². The third-order valence-corrected chi connectivity index (χ3v) is 3.54. The minimum Gasteiger partial charge on any atom is -0.487 e. The summed E-state index contributed by atoms with van der Waals surface area (Å²) in [4.78, 5) is 12.2. The second-order valence-corrected chi connectivity index (χ2v) is 5.74. The van der Waals surface area contributed by atoms with Gasteiger partial charge in [0.1, 0.15) is 12.4 Å². The number of anilines is 2. The smallest absolute Gasteiger partial charge is 0.243 e. The van der Waals surface area contributed by atoms with Crippen molar-refractivity contribution in [2.75, 3.05) is 23.8 Å². The summed E-state index contributed by atoms with van der Waals surface area (Å²) in [6.07, 6.45) is 1.67. The molecule has 0 aliphatic heterocycles. The molecule has 4 nitrogen and oxygen atoms in total. The number of rotatable bonds is 8. The lowest BCUT2D eigenvalue weighted by atomic mass is 10.0. The molecule has 2 rings (SSSR count). The van der Waals surface area contributed by atoms with E-state index < -0.39 is 0 Å². The van der Waals surface area contributed by atoms with Gasteiger partial charge in [0, 0.05) is 5.69 Å². The highest BCUT2D eigenvalue weighted by Crippen LogP contribution is 2.25. The highest BCUT2D eigenvalue weighted by atomic mass is 16.5. The monoisotopic (exact) mass is 324 g/mol. The van der Waals surface area contributed by atoms with Gasteiger partial charge in [-0.15, -0.1) is 0 Å². The molecule has 0 aliphatic rings. The fourth-order valence-corrected chi connectivity index (χ4v) is 2.38. The Kier molecular flexibility index (Phi) is 6.43. The predicted octanol–water partition coefficient (Wildman–Crippen LogP) is 4.43. The van der Waals surface area contributed by atoms with Crippen molar-refractivity contribution in [1.82, 2.24) is 0 Å². The lowest BCUT2D eigenvalue weighted by Crippen LogP contribution is -2.22. The molecule has 126 valence electrons. The largest absolute Gasteiger partial charge is 0.487 e. The highest BCUT2D eigenvalue weighted by Gasteiger charge is 2.09. The molecule has 0 saturated heterocycles. The number of hydrogen-bond acceptors (Lipinski definition) is 3. The number of benzene rings is 2. The SMILES string of the molecule is C=CCOc1ccccc1NC(=O)CNc1ccccc1C(C)C. The van der Waals surface area contributed by atoms with Gasteiger partial charge < -0.3 is 15.4 Å². The van der Waals surface area contributed by atoms with Gasteiger partial charge in [-0.3, -0.25) is 4.79 Å². The average Bonchev–Trinajstić information content (AvgIpc) is 2.59. The van der Waals surface area contributed by atoms with Gasteiger partial charge in [0.05, 0.1) is 12.2 Å². The van der Waals surface area contributed by atoms with Crippen molar-refractivity contribution in [3.8, 4) is 5.75 Å². The molecule has 4 heteroatoms. The van der Waals surface area contributed by atoms with Crippen LogP contribution in [-0.2, 0) is 4.79 Å². The van der Waals surface area contributed by atoms with Crippen molar-refractivity contribution in [2.24, 2.45) is 0 Å². The Morgan fingerprint density at radius 1 is 1.12 bits per heavy atom. The number of nitrogens with one attached hydrogen (secondary N) is 2. The van der Waals surface area contributed by atoms with Crippen LogP contribution in [0.2, 0.25) is 0 Å². The van der Waals surface area contributed by atoms with E-state index in [0.29, 0.717) is 24.0 Å². The molecule has 0 spiro atoms. The summed E-state index contributed by atoms with van der Waals surface area (Å²) < 4.78 is 5.55. The molecule has 0 aromatic heterocycles. The summed E-state index contributed by atoms with van der Waals surface area (Å²) in [6, 6.07) is 15.4. The second-order valence-electron chi connectivity index (χ2n) is 5.74. The summed E-state index contributed by atoms with van der Waals surface area (Å²) in [5, 5.41) is 6.09. The van der Waals surface area contributed by atoms with Crippen molar-refractivity contribution in [3.05, 3.63) is 66.7 Å². The third kappa shape index (κ3) is 4.88. The van der Waals surface area contributed by atoms with E-state index in [2.05, 4.69) is 37.1 Å². The molecule has 0 bridgehead atoms. The molecule has 0 unspecified atom stereocenters. The Bertz CT molecular complexity index is 696. The van der Waals surface area contributed by atoms with Crippen LogP contribution in [0.25, 0.3) is 0 Å². The maximum absolute atomic E-state index is 12.2. The van der Waals surface area contributed by atoms with E-state index in [1.165, 1.54) is 5.56 Å². The first-order valence-corrected chi connectivity index (χ1v) is 8.07. The van der Waals surface area contributed by atoms with Gasteiger partial charge in [-0.25, -0.2) is 0 Å². The maximum atomic E-state index is 12.2. The average molecular weight is 324 g/mol. The molecule has 0 heterocycles. The molecule has 0 radical (unpaired) electrons. The quantitative estimate of drug-likeness (QED) is 0.707. The summed E-state index contributed by atoms with van der Waals surface area (Å²) in [5.41, 5.74) is 2.84. The van der Waals surface area contributed by atoms with Crippen LogP contribution < -0.4 is 15.4 Å². The van der Waals surface area contributed by atoms with Crippen LogP contribution in [0.5, 0.6) is 5.75 Å². The van der Waals surface area contributed by atoms with Gasteiger partial charge >= 0.3 is 0 Å². The normalized spacial score (nSPS) is 10.3. The topological polar surface area (TPSA) is 50.4 Å². The number of hydrogen-bond donors (Lipinski definition) is 2. The zero-order valence-corrected chi connectivity index (χ0v) is 14.2. The lowest BCUT2D eigenvalue weighted by molar-refractivity contribution is -0.114. The Morgan fingerprint density at radius 2 is 1.79 bits per heavy atom. The molecule has 2 aromatic rings. The first-order valence-electron chi connectivity index (χ1n) is 8.07. The van der Waals surface area contributed by atoms with Crippen molar-refractivity contribution in [3.63, 3.8) is 0 Å². The third-order valence-electron chi connectivity index (χ3n) is 3.54. The first kappa shape index (κ1) is 17.6. The minimum atomic E-state index is -0.122. The highest BCUT2D eigenvalue weighted by molar-refractivity contribution is 5.95. The molecular weight excluding hydrogens is 300 g/mol. The Balaban J connectivity index is 1.98. The van der Waals surface area contributed by atoms with Crippen LogP contribution in [-0.4, -0.2) is 19.1 Å². The molecule has 0 aliphatic carbocycles.